The molecule has 0 atom stereocenters. The number of rotatable bonds is 0. The molecule has 5 heavy (non-hydrogen) atoms. The van der Waals surface area contributed by atoms with Crippen LogP contribution < -0.4 is 16.4 Å². The maximum Gasteiger partial charge on any atom is 0.0315 e. The molecule has 0 aromatic rings. The van der Waals surface area contributed by atoms with Gasteiger partial charge in [-0.1, -0.05) is 0 Å². The molecule has 0 saturated heterocycles. The Bertz CT molecular complexity index is 46.8. The molecule has 0 amide bonds. The summed E-state index contributed by atoms with van der Waals surface area (Å²) in [5.74, 6) is 0. The van der Waals surface area contributed by atoms with Gasteiger partial charge in [0.15, 0.2) is 0 Å². The second-order valence-corrected chi connectivity index (χ2v) is 0.747. The van der Waals surface area contributed by atoms with Crippen molar-refractivity contribution in [2.24, 2.45) is 0 Å². The molecule has 30 valence electrons. The Morgan fingerprint density at radius 3 is 2.00 bits per heavy atom. The predicted octanol–water partition coefficient (Wildman–Crippen LogP) is -0.684. The maximum atomic E-state index is 2.68. The summed E-state index contributed by atoms with van der Waals surface area (Å²) >= 11 is 0. The van der Waals surface area contributed by atoms with Crippen molar-refractivity contribution in [1.29, 1.82) is 0 Å². The van der Waals surface area contributed by atoms with Crippen molar-refractivity contribution in [2.75, 3.05) is 0 Å². The Kier molecular flexibility index (Phi) is 0.478. The van der Waals surface area contributed by atoms with Crippen molar-refractivity contribution < 1.29 is 1.43 Å². The van der Waals surface area contributed by atoms with E-state index >= 15 is 0 Å². The average Bonchev–Trinajstić information content (AvgIpc) is 1.76. The molecular formula is C2H7N3. The largest absolute Gasteiger partial charge is 0.310 e. The van der Waals surface area contributed by atoms with Gasteiger partial charge in [0, 0.05) is 13.8 Å². The van der Waals surface area contributed by atoms with E-state index in [1.165, 1.54) is 0 Å². The van der Waals surface area contributed by atoms with E-state index in [2.05, 4.69) is 16.4 Å². The van der Waals surface area contributed by atoms with E-state index in [9.17, 15) is 0 Å². The van der Waals surface area contributed by atoms with Gasteiger partial charge >= 0.3 is 0 Å². The molecule has 0 aromatic carbocycles. The molecule has 1 rings (SSSR count). The fraction of sp³-hybridized carbons (Fsp3) is 0. The van der Waals surface area contributed by atoms with Crippen LogP contribution in [0.15, 0.2) is 12.4 Å². The third kappa shape index (κ3) is 0.302. The Hall–Kier alpha value is -0.700. The van der Waals surface area contributed by atoms with Crippen molar-refractivity contribution in [2.45, 2.75) is 0 Å². The van der Waals surface area contributed by atoms with Gasteiger partial charge in [0.1, 0.15) is 0 Å². The van der Waals surface area contributed by atoms with E-state index in [0.717, 1.165) is 0 Å². The van der Waals surface area contributed by atoms with Gasteiger partial charge < -0.3 is 10.9 Å². The van der Waals surface area contributed by atoms with Crippen molar-refractivity contribution in [3.63, 3.8) is 0 Å². The number of hydrazine groups is 2. The van der Waals surface area contributed by atoms with Gasteiger partial charge in [0.05, 0.1) is 0 Å². The minimum absolute atomic E-state index is 0. The molecule has 3 nitrogen and oxygen atoms in total. The Labute approximate surface area is 31.5 Å². The standard InChI is InChI=1S/C2H5N3.H2/c1-2-4-5-3-1;/h1-5H;1H. The first-order valence-electron chi connectivity index (χ1n) is 1.41. The molecule has 0 spiro atoms. The van der Waals surface area contributed by atoms with Gasteiger partial charge in [-0.2, -0.15) is 5.53 Å². The minimum Gasteiger partial charge on any atom is -0.310 e. The first kappa shape index (κ1) is 2.53. The van der Waals surface area contributed by atoms with Crippen LogP contribution in [0.3, 0.4) is 0 Å². The van der Waals surface area contributed by atoms with Crippen molar-refractivity contribution in [3.8, 4) is 0 Å². The van der Waals surface area contributed by atoms with Crippen LogP contribution in [0.25, 0.3) is 0 Å². The predicted molar refractivity (Wildman–Crippen MR) is 20.7 cm³/mol. The molecule has 0 aromatic heterocycles. The second-order valence-electron chi connectivity index (χ2n) is 0.747. The third-order valence-corrected chi connectivity index (χ3v) is 0.394. The van der Waals surface area contributed by atoms with Crippen LogP contribution in [0.2, 0.25) is 0 Å². The van der Waals surface area contributed by atoms with Crippen LogP contribution >= 0.6 is 0 Å². The van der Waals surface area contributed by atoms with Crippen molar-refractivity contribution in [1.82, 2.24) is 16.4 Å². The molecule has 1 heterocycles. The molecule has 0 bridgehead atoms. The van der Waals surface area contributed by atoms with E-state index in [1.807, 2.05) is 0 Å². The van der Waals surface area contributed by atoms with Gasteiger partial charge in [-0.25, -0.2) is 0 Å². The lowest BCUT2D eigenvalue weighted by molar-refractivity contribution is 0.614. The summed E-state index contributed by atoms with van der Waals surface area (Å²) in [4.78, 5) is 0. The molecule has 3 N–H and O–H groups in total. The minimum atomic E-state index is 0. The van der Waals surface area contributed by atoms with E-state index in [4.69, 9.17) is 0 Å². The summed E-state index contributed by atoms with van der Waals surface area (Å²) in [5, 5.41) is 0. The number of nitrogens with one attached hydrogen (secondary N) is 3. The molecule has 0 radical (unpaired) electrons. The smallest absolute Gasteiger partial charge is 0.0315 e. The number of hydrogen-bond acceptors (Lipinski definition) is 3. The fourth-order valence-electron chi connectivity index (χ4n) is 0.208. The molecule has 0 saturated carbocycles. The lowest BCUT2D eigenvalue weighted by Gasteiger charge is -1.86. The lowest BCUT2D eigenvalue weighted by Crippen LogP contribution is -2.29. The van der Waals surface area contributed by atoms with Gasteiger partial charge in [0.2, 0.25) is 0 Å². The zero-order valence-electron chi connectivity index (χ0n) is 2.65. The number of hydrogen-bond donors (Lipinski definition) is 3. The van der Waals surface area contributed by atoms with Gasteiger partial charge in [-0.05, 0) is 0 Å². The van der Waals surface area contributed by atoms with Crippen LogP contribution in [0.4, 0.5) is 0 Å². The summed E-state index contributed by atoms with van der Waals surface area (Å²) < 4.78 is 0. The lowest BCUT2D eigenvalue weighted by atomic mass is 11.0. The third-order valence-electron chi connectivity index (χ3n) is 0.394. The summed E-state index contributed by atoms with van der Waals surface area (Å²) in [6.07, 6.45) is 3.53. The zero-order valence-corrected chi connectivity index (χ0v) is 2.65. The molecular weight excluding hydrogens is 66.0 g/mol. The van der Waals surface area contributed by atoms with Crippen LogP contribution in [-0.4, -0.2) is 0 Å². The van der Waals surface area contributed by atoms with Crippen LogP contribution in [0.1, 0.15) is 1.43 Å². The first-order chi connectivity index (χ1) is 2.50. The van der Waals surface area contributed by atoms with Gasteiger partial charge in [-0.15, -0.1) is 0 Å². The highest BCUT2D eigenvalue weighted by Crippen LogP contribution is 1.58. The molecule has 1 aliphatic rings. The highest BCUT2D eigenvalue weighted by atomic mass is 15.6. The molecule has 0 unspecified atom stereocenters. The topological polar surface area (TPSA) is 36.1 Å². The second kappa shape index (κ2) is 0.944. The summed E-state index contributed by atoms with van der Waals surface area (Å²) in [6, 6.07) is 0. The molecule has 0 aliphatic carbocycles. The van der Waals surface area contributed by atoms with E-state index in [0.29, 0.717) is 0 Å². The van der Waals surface area contributed by atoms with Crippen LogP contribution in [0.5, 0.6) is 0 Å². The Morgan fingerprint density at radius 1 is 1.20 bits per heavy atom. The normalized spacial score (nSPS) is 17.6. The maximum absolute atomic E-state index is 2.68. The van der Waals surface area contributed by atoms with E-state index < -0.39 is 0 Å². The van der Waals surface area contributed by atoms with Gasteiger partial charge in [-0.3, -0.25) is 0 Å². The summed E-state index contributed by atoms with van der Waals surface area (Å²) in [5.41, 5.74) is 7.97. The molecule has 3 heteroatoms. The van der Waals surface area contributed by atoms with E-state index in [-0.39, 0.29) is 1.43 Å². The highest BCUT2D eigenvalue weighted by Gasteiger charge is 1.74. The average molecular weight is 73.1 g/mol. The summed E-state index contributed by atoms with van der Waals surface area (Å²) in [6.45, 7) is 0. The highest BCUT2D eigenvalue weighted by molar-refractivity contribution is 4.77. The van der Waals surface area contributed by atoms with Crippen LogP contribution in [-0.2, 0) is 0 Å². The SMILES string of the molecule is C1=CNNN1.[HH]. The Morgan fingerprint density at radius 2 is 1.80 bits per heavy atom. The van der Waals surface area contributed by atoms with Crippen molar-refractivity contribution in [3.05, 3.63) is 12.4 Å². The van der Waals surface area contributed by atoms with Gasteiger partial charge in [0.25, 0.3) is 0 Å². The summed E-state index contributed by atoms with van der Waals surface area (Å²) in [7, 11) is 0. The Balaban J connectivity index is 0.000000250. The quantitative estimate of drug-likeness (QED) is 0.355. The van der Waals surface area contributed by atoms with Crippen LogP contribution in [0, 0.1) is 0 Å². The monoisotopic (exact) mass is 73.1 g/mol. The molecule has 0 fully saturated rings. The molecule has 1 aliphatic heterocycles. The zero-order chi connectivity index (χ0) is 3.54. The van der Waals surface area contributed by atoms with E-state index in [1.54, 1.807) is 12.4 Å². The van der Waals surface area contributed by atoms with Crippen molar-refractivity contribution >= 4 is 0 Å². The fourth-order valence-corrected chi connectivity index (χ4v) is 0.208. The first-order valence-corrected chi connectivity index (χ1v) is 1.41.